The van der Waals surface area contributed by atoms with Crippen molar-refractivity contribution >= 4 is 27.5 Å². The number of rotatable bonds is 9. The van der Waals surface area contributed by atoms with Crippen LogP contribution in [-0.4, -0.2) is 41.9 Å². The molecule has 0 aliphatic carbocycles. The molecular weight excluding hydrogens is 482 g/mol. The number of nitrogens with zero attached hydrogens (tertiary/aromatic N) is 6. The van der Waals surface area contributed by atoms with E-state index in [2.05, 4.69) is 77.3 Å². The van der Waals surface area contributed by atoms with Gasteiger partial charge in [0.2, 0.25) is 0 Å². The molecule has 0 aliphatic rings. The molecule has 0 saturated carbocycles. The number of hydrogen-bond donors (Lipinski definition) is 1. The molecular formula is C21H23BrClN7O. The summed E-state index contributed by atoms with van der Waals surface area (Å²) >= 11 is 10.0. The third-order valence-corrected chi connectivity index (χ3v) is 6.02. The molecule has 3 aromatic heterocycles. The van der Waals surface area contributed by atoms with Gasteiger partial charge in [0.05, 0.1) is 22.6 Å². The molecule has 4 rings (SSSR count). The van der Waals surface area contributed by atoms with Crippen LogP contribution >= 0.6 is 27.5 Å². The molecule has 162 valence electrons. The highest BCUT2D eigenvalue weighted by atomic mass is 79.9. The van der Waals surface area contributed by atoms with Gasteiger partial charge in [-0.25, -0.2) is 10.1 Å². The molecule has 31 heavy (non-hydrogen) atoms. The maximum atomic E-state index is 6.41. The van der Waals surface area contributed by atoms with E-state index in [-0.39, 0.29) is 0 Å². The van der Waals surface area contributed by atoms with Gasteiger partial charge in [0, 0.05) is 25.8 Å². The number of aromatic nitrogens is 7. The van der Waals surface area contributed by atoms with E-state index in [1.807, 2.05) is 16.7 Å². The van der Waals surface area contributed by atoms with Crippen LogP contribution in [0.2, 0.25) is 5.15 Å². The molecule has 0 radical (unpaired) electrons. The minimum atomic E-state index is 0.431. The van der Waals surface area contributed by atoms with Gasteiger partial charge in [0.25, 0.3) is 0 Å². The fourth-order valence-corrected chi connectivity index (χ4v) is 4.33. The van der Waals surface area contributed by atoms with Gasteiger partial charge in [0.1, 0.15) is 5.82 Å². The second kappa shape index (κ2) is 9.76. The largest absolute Gasteiger partial charge is 0.378 e. The van der Waals surface area contributed by atoms with Crippen molar-refractivity contribution in [2.45, 2.75) is 39.3 Å². The molecule has 0 fully saturated rings. The number of aryl methyl sites for hydroxylation is 1. The van der Waals surface area contributed by atoms with E-state index in [1.165, 1.54) is 0 Å². The summed E-state index contributed by atoms with van der Waals surface area (Å²) in [7, 11) is 1.67. The normalized spacial score (nSPS) is 11.4. The molecule has 1 aromatic carbocycles. The van der Waals surface area contributed by atoms with Crippen molar-refractivity contribution in [1.82, 2.24) is 34.7 Å². The number of nitrogens with one attached hydrogen (secondary N) is 1. The zero-order chi connectivity index (χ0) is 21.8. The first-order chi connectivity index (χ1) is 15.1. The first-order valence-electron chi connectivity index (χ1n) is 10.1. The summed E-state index contributed by atoms with van der Waals surface area (Å²) in [6, 6.07) is 12.3. The van der Waals surface area contributed by atoms with Crippen molar-refractivity contribution in [3.05, 3.63) is 63.2 Å². The van der Waals surface area contributed by atoms with Crippen molar-refractivity contribution in [3.63, 3.8) is 0 Å². The number of aromatic amines is 1. The molecule has 0 saturated heterocycles. The van der Waals surface area contributed by atoms with Gasteiger partial charge in [-0.3, -0.25) is 0 Å². The topological polar surface area (TPSA) is 86.4 Å². The highest BCUT2D eigenvalue weighted by Gasteiger charge is 2.17. The van der Waals surface area contributed by atoms with Gasteiger partial charge in [0.15, 0.2) is 11.0 Å². The third kappa shape index (κ3) is 4.58. The Kier molecular flexibility index (Phi) is 6.84. The number of hydrogen-bond acceptors (Lipinski definition) is 5. The highest BCUT2D eigenvalue weighted by Crippen LogP contribution is 2.28. The molecule has 0 aliphatic heterocycles. The molecule has 0 amide bonds. The Morgan fingerprint density at radius 1 is 1.16 bits per heavy atom. The van der Waals surface area contributed by atoms with Crippen molar-refractivity contribution in [2.75, 3.05) is 7.11 Å². The number of unbranched alkanes of at least 4 members (excludes halogenated alkanes) is 1. The fraction of sp³-hybridized carbons (Fsp3) is 0.333. The second-order valence-corrected chi connectivity index (χ2v) is 8.35. The third-order valence-electron chi connectivity index (χ3n) is 5.09. The van der Waals surface area contributed by atoms with Gasteiger partial charge in [-0.15, -0.1) is 5.10 Å². The van der Waals surface area contributed by atoms with Gasteiger partial charge in [-0.05, 0) is 62.6 Å². The fourth-order valence-electron chi connectivity index (χ4n) is 3.55. The standard InChI is InChI=1S/C21H23BrClN7O/c1-3-4-5-19-24-20(23)17(13-31-2)29(19)12-14-6-8-15(9-7-14)30-16(10-11-18(30)22)21-25-27-28-26-21/h6-11H,3-5,12-13H2,1-2H3,(H,25,26,27,28). The monoisotopic (exact) mass is 503 g/mol. The number of ether oxygens (including phenoxy) is 1. The van der Waals surface area contributed by atoms with Crippen LogP contribution in [0.4, 0.5) is 0 Å². The van der Waals surface area contributed by atoms with Crippen molar-refractivity contribution in [3.8, 4) is 17.2 Å². The predicted octanol–water partition coefficient (Wildman–Crippen LogP) is 4.81. The van der Waals surface area contributed by atoms with Gasteiger partial charge in [-0.1, -0.05) is 37.1 Å². The molecule has 1 N–H and O–H groups in total. The smallest absolute Gasteiger partial charge is 0.196 e. The summed E-state index contributed by atoms with van der Waals surface area (Å²) in [4.78, 5) is 4.59. The van der Waals surface area contributed by atoms with Gasteiger partial charge in [-0.2, -0.15) is 0 Å². The van der Waals surface area contributed by atoms with Gasteiger partial charge < -0.3 is 13.9 Å². The molecule has 0 bridgehead atoms. The SMILES string of the molecule is CCCCc1nc(Cl)c(COC)n1Cc1ccc(-n2c(Br)ccc2-c2nnn[nH]2)cc1. The van der Waals surface area contributed by atoms with Crippen LogP contribution in [0.15, 0.2) is 41.0 Å². The lowest BCUT2D eigenvalue weighted by Gasteiger charge is -2.14. The molecule has 0 atom stereocenters. The summed E-state index contributed by atoms with van der Waals surface area (Å²) in [5.74, 6) is 1.60. The van der Waals surface area contributed by atoms with Crippen molar-refractivity contribution in [2.24, 2.45) is 0 Å². The Labute approximate surface area is 193 Å². The van der Waals surface area contributed by atoms with Crippen LogP contribution in [0.5, 0.6) is 0 Å². The van der Waals surface area contributed by atoms with Crippen LogP contribution in [-0.2, 0) is 24.3 Å². The zero-order valence-electron chi connectivity index (χ0n) is 17.3. The molecule has 4 aromatic rings. The predicted molar refractivity (Wildman–Crippen MR) is 122 cm³/mol. The van der Waals surface area contributed by atoms with E-state index in [0.717, 1.165) is 52.3 Å². The Morgan fingerprint density at radius 2 is 1.97 bits per heavy atom. The second-order valence-electron chi connectivity index (χ2n) is 7.18. The maximum absolute atomic E-state index is 6.41. The number of halogens is 2. The zero-order valence-corrected chi connectivity index (χ0v) is 19.7. The van der Waals surface area contributed by atoms with Crippen LogP contribution in [0.25, 0.3) is 17.2 Å². The van der Waals surface area contributed by atoms with Crippen molar-refractivity contribution < 1.29 is 4.74 Å². The van der Waals surface area contributed by atoms with Crippen LogP contribution in [0.1, 0.15) is 36.8 Å². The molecule has 0 unspecified atom stereocenters. The summed E-state index contributed by atoms with van der Waals surface area (Å²) in [5.41, 5.74) is 3.93. The lowest BCUT2D eigenvalue weighted by Crippen LogP contribution is -2.10. The Balaban J connectivity index is 1.63. The average Bonchev–Trinajstić information content (AvgIpc) is 3.49. The Bertz CT molecular complexity index is 1140. The Hall–Kier alpha value is -2.49. The quantitative estimate of drug-likeness (QED) is 0.354. The molecule has 3 heterocycles. The number of tetrazole rings is 1. The molecule has 0 spiro atoms. The van der Waals surface area contributed by atoms with Crippen LogP contribution in [0.3, 0.4) is 0 Å². The minimum Gasteiger partial charge on any atom is -0.378 e. The molecule has 10 heteroatoms. The lowest BCUT2D eigenvalue weighted by molar-refractivity contribution is 0.178. The van der Waals surface area contributed by atoms with E-state index in [4.69, 9.17) is 16.3 Å². The van der Waals surface area contributed by atoms with Crippen LogP contribution < -0.4 is 0 Å². The van der Waals surface area contributed by atoms with E-state index in [0.29, 0.717) is 24.1 Å². The summed E-state index contributed by atoms with van der Waals surface area (Å²) < 4.78 is 10.5. The number of methoxy groups -OCH3 is 1. The number of benzene rings is 1. The minimum absolute atomic E-state index is 0.431. The van der Waals surface area contributed by atoms with Crippen molar-refractivity contribution in [1.29, 1.82) is 0 Å². The van der Waals surface area contributed by atoms with E-state index >= 15 is 0 Å². The Morgan fingerprint density at radius 3 is 2.65 bits per heavy atom. The van der Waals surface area contributed by atoms with E-state index in [1.54, 1.807) is 7.11 Å². The van der Waals surface area contributed by atoms with E-state index in [9.17, 15) is 0 Å². The maximum Gasteiger partial charge on any atom is 0.196 e. The summed E-state index contributed by atoms with van der Waals surface area (Å²) in [5, 5.41) is 14.7. The summed E-state index contributed by atoms with van der Waals surface area (Å²) in [6.07, 6.45) is 3.07. The lowest BCUT2D eigenvalue weighted by atomic mass is 10.2. The number of imidazole rings is 1. The van der Waals surface area contributed by atoms with Gasteiger partial charge >= 0.3 is 0 Å². The highest BCUT2D eigenvalue weighted by molar-refractivity contribution is 9.10. The first kappa shape index (κ1) is 21.7. The van der Waals surface area contributed by atoms with E-state index < -0.39 is 0 Å². The molecule has 8 nitrogen and oxygen atoms in total. The number of H-pyrrole nitrogens is 1. The van der Waals surface area contributed by atoms with Crippen LogP contribution in [0, 0.1) is 0 Å². The summed E-state index contributed by atoms with van der Waals surface area (Å²) in [6.45, 7) is 3.29. The average molecular weight is 505 g/mol. The first-order valence-corrected chi connectivity index (χ1v) is 11.2.